The summed E-state index contributed by atoms with van der Waals surface area (Å²) >= 11 is 1.45. The predicted octanol–water partition coefficient (Wildman–Crippen LogP) is 3.24. The van der Waals surface area contributed by atoms with Crippen LogP contribution in [0.2, 0.25) is 0 Å². The summed E-state index contributed by atoms with van der Waals surface area (Å²) in [5.74, 6) is -1.19. The molecule has 0 bridgehead atoms. The third-order valence-corrected chi connectivity index (χ3v) is 6.93. The zero-order valence-corrected chi connectivity index (χ0v) is 16.5. The van der Waals surface area contributed by atoms with Crippen LogP contribution in [0.4, 0.5) is 4.39 Å². The number of thiazole rings is 1. The van der Waals surface area contributed by atoms with Crippen LogP contribution in [0, 0.1) is 5.82 Å². The summed E-state index contributed by atoms with van der Waals surface area (Å²) in [5.41, 5.74) is 1.18. The first-order valence-corrected chi connectivity index (χ1v) is 11.1. The lowest BCUT2D eigenvalue weighted by Gasteiger charge is -2.12. The minimum absolute atomic E-state index is 0.150. The van der Waals surface area contributed by atoms with E-state index in [0.717, 1.165) is 24.3 Å². The normalized spacial score (nSPS) is 12.7. The Labute approximate surface area is 157 Å². The lowest BCUT2D eigenvalue weighted by molar-refractivity contribution is -0.120. The van der Waals surface area contributed by atoms with E-state index in [2.05, 4.69) is 17.2 Å². The van der Waals surface area contributed by atoms with Gasteiger partial charge in [-0.15, -0.1) is 11.3 Å². The average molecular weight is 399 g/mol. The number of hydrogen-bond acceptors (Lipinski definition) is 5. The van der Waals surface area contributed by atoms with Crippen LogP contribution in [0.25, 0.3) is 0 Å². The molecule has 0 fully saturated rings. The zero-order valence-electron chi connectivity index (χ0n) is 14.9. The second-order valence-corrected chi connectivity index (χ2v) is 9.39. The third kappa shape index (κ3) is 5.88. The number of amides is 1. The van der Waals surface area contributed by atoms with Gasteiger partial charge in [0.1, 0.15) is 11.1 Å². The molecular formula is C18H23FN2O3S2. The quantitative estimate of drug-likeness (QED) is 0.703. The smallest absolute Gasteiger partial charge is 0.238 e. The third-order valence-electron chi connectivity index (χ3n) is 3.98. The number of carbonyl (C=O) groups excluding carboxylic acids is 1. The van der Waals surface area contributed by atoms with E-state index in [4.69, 9.17) is 0 Å². The van der Waals surface area contributed by atoms with E-state index in [1.165, 1.54) is 30.4 Å². The van der Waals surface area contributed by atoms with Gasteiger partial charge in [0, 0.05) is 11.9 Å². The van der Waals surface area contributed by atoms with E-state index in [1.807, 2.05) is 0 Å². The minimum Gasteiger partial charge on any atom is -0.351 e. The first kappa shape index (κ1) is 20.5. The van der Waals surface area contributed by atoms with Gasteiger partial charge < -0.3 is 5.32 Å². The standard InChI is InChI=1S/C18H23FN2O3S2/c1-3-4-5-17-21-16(11-25-17)12-26(23,24)13(2)18(22)20-10-14-6-8-15(19)9-7-14/h6-9,11,13H,3-5,10,12H2,1-2H3,(H,20,22). The summed E-state index contributed by atoms with van der Waals surface area (Å²) in [5, 5.41) is 4.07. The average Bonchev–Trinajstić information content (AvgIpc) is 3.05. The first-order valence-electron chi connectivity index (χ1n) is 8.49. The number of carbonyl (C=O) groups is 1. The Hall–Kier alpha value is -1.80. The molecule has 0 aliphatic carbocycles. The zero-order chi connectivity index (χ0) is 19.2. The van der Waals surface area contributed by atoms with Crippen LogP contribution in [0.5, 0.6) is 0 Å². The van der Waals surface area contributed by atoms with Crippen molar-refractivity contribution in [2.75, 3.05) is 0 Å². The number of unbranched alkanes of at least 4 members (excludes halogenated alkanes) is 1. The molecule has 26 heavy (non-hydrogen) atoms. The van der Waals surface area contributed by atoms with Gasteiger partial charge in [0.2, 0.25) is 5.91 Å². The molecule has 0 radical (unpaired) electrons. The summed E-state index contributed by atoms with van der Waals surface area (Å²) in [6.45, 7) is 3.61. The number of nitrogens with one attached hydrogen (secondary N) is 1. The number of hydrogen-bond donors (Lipinski definition) is 1. The van der Waals surface area contributed by atoms with E-state index in [9.17, 15) is 17.6 Å². The highest BCUT2D eigenvalue weighted by Gasteiger charge is 2.28. The second-order valence-electron chi connectivity index (χ2n) is 6.13. The largest absolute Gasteiger partial charge is 0.351 e. The van der Waals surface area contributed by atoms with E-state index in [0.29, 0.717) is 11.3 Å². The highest BCUT2D eigenvalue weighted by atomic mass is 32.2. The molecule has 0 saturated heterocycles. The molecule has 0 aliphatic rings. The van der Waals surface area contributed by atoms with Crippen molar-refractivity contribution in [3.63, 3.8) is 0 Å². The summed E-state index contributed by atoms with van der Waals surface area (Å²) in [6.07, 6.45) is 2.91. The fourth-order valence-electron chi connectivity index (χ4n) is 2.29. The molecule has 0 aliphatic heterocycles. The Morgan fingerprint density at radius 1 is 1.31 bits per heavy atom. The SMILES string of the molecule is CCCCc1nc(CS(=O)(=O)C(C)C(=O)NCc2ccc(F)cc2)cs1. The van der Waals surface area contributed by atoms with Crippen LogP contribution < -0.4 is 5.32 Å². The van der Waals surface area contributed by atoms with Crippen LogP contribution in [0.3, 0.4) is 0 Å². The predicted molar refractivity (Wildman–Crippen MR) is 101 cm³/mol. The Balaban J connectivity index is 1.93. The topological polar surface area (TPSA) is 76.1 Å². The molecule has 2 rings (SSSR count). The maximum Gasteiger partial charge on any atom is 0.238 e. The number of aromatic nitrogens is 1. The van der Waals surface area contributed by atoms with Crippen LogP contribution in [0.1, 0.15) is 43.0 Å². The Kier molecular flexibility index (Phi) is 7.28. The molecule has 1 amide bonds. The van der Waals surface area contributed by atoms with Crippen LogP contribution in [0.15, 0.2) is 29.6 Å². The van der Waals surface area contributed by atoms with Gasteiger partial charge in [-0.25, -0.2) is 17.8 Å². The van der Waals surface area contributed by atoms with Gasteiger partial charge in [0.05, 0.1) is 16.5 Å². The molecule has 1 N–H and O–H groups in total. The Morgan fingerprint density at radius 2 is 2.00 bits per heavy atom. The highest BCUT2D eigenvalue weighted by molar-refractivity contribution is 7.92. The summed E-state index contributed by atoms with van der Waals surface area (Å²) in [4.78, 5) is 16.5. The van der Waals surface area contributed by atoms with E-state index < -0.39 is 21.0 Å². The van der Waals surface area contributed by atoms with Gasteiger partial charge in [-0.05, 0) is 37.5 Å². The highest BCUT2D eigenvalue weighted by Crippen LogP contribution is 2.17. The van der Waals surface area contributed by atoms with Gasteiger partial charge in [-0.2, -0.15) is 0 Å². The van der Waals surface area contributed by atoms with Crippen molar-refractivity contribution in [1.82, 2.24) is 10.3 Å². The van der Waals surface area contributed by atoms with Crippen molar-refractivity contribution in [2.45, 2.75) is 50.7 Å². The number of benzene rings is 1. The van der Waals surface area contributed by atoms with Gasteiger partial charge in [0.25, 0.3) is 0 Å². The monoisotopic (exact) mass is 398 g/mol. The molecule has 0 spiro atoms. The number of halogens is 1. The van der Waals surface area contributed by atoms with Crippen molar-refractivity contribution >= 4 is 27.1 Å². The van der Waals surface area contributed by atoms with E-state index in [1.54, 1.807) is 17.5 Å². The summed E-state index contributed by atoms with van der Waals surface area (Å²) in [7, 11) is -3.66. The van der Waals surface area contributed by atoms with Crippen molar-refractivity contribution in [3.8, 4) is 0 Å². The van der Waals surface area contributed by atoms with Gasteiger partial charge in [-0.1, -0.05) is 25.5 Å². The molecule has 1 atom stereocenters. The molecule has 1 aromatic heterocycles. The lowest BCUT2D eigenvalue weighted by Crippen LogP contribution is -2.38. The summed E-state index contributed by atoms with van der Waals surface area (Å²) in [6, 6.07) is 5.67. The molecule has 142 valence electrons. The minimum atomic E-state index is -3.66. The number of sulfone groups is 1. The van der Waals surface area contributed by atoms with Crippen molar-refractivity contribution in [1.29, 1.82) is 0 Å². The van der Waals surface area contributed by atoms with Crippen LogP contribution in [-0.2, 0) is 33.4 Å². The van der Waals surface area contributed by atoms with Gasteiger partial charge >= 0.3 is 0 Å². The lowest BCUT2D eigenvalue weighted by atomic mass is 10.2. The number of nitrogens with zero attached hydrogens (tertiary/aromatic N) is 1. The van der Waals surface area contributed by atoms with E-state index in [-0.39, 0.29) is 18.1 Å². The fraction of sp³-hybridized carbons (Fsp3) is 0.444. The van der Waals surface area contributed by atoms with Crippen LogP contribution in [-0.4, -0.2) is 24.6 Å². The molecule has 2 aromatic rings. The molecule has 8 heteroatoms. The molecular weight excluding hydrogens is 375 g/mol. The summed E-state index contributed by atoms with van der Waals surface area (Å²) < 4.78 is 37.8. The van der Waals surface area contributed by atoms with Crippen LogP contribution >= 0.6 is 11.3 Å². The maximum atomic E-state index is 12.9. The van der Waals surface area contributed by atoms with Crippen molar-refractivity contribution < 1.29 is 17.6 Å². The first-order chi connectivity index (χ1) is 12.3. The van der Waals surface area contributed by atoms with Crippen molar-refractivity contribution in [2.24, 2.45) is 0 Å². The number of aryl methyl sites for hydroxylation is 1. The Bertz CT molecular complexity index is 832. The van der Waals surface area contributed by atoms with Gasteiger partial charge in [-0.3, -0.25) is 4.79 Å². The van der Waals surface area contributed by atoms with Crippen molar-refractivity contribution in [3.05, 3.63) is 51.7 Å². The molecule has 0 saturated carbocycles. The molecule has 1 heterocycles. The maximum absolute atomic E-state index is 12.9. The van der Waals surface area contributed by atoms with Gasteiger partial charge in [0.15, 0.2) is 9.84 Å². The molecule has 1 aromatic carbocycles. The molecule has 5 nitrogen and oxygen atoms in total. The fourth-order valence-corrected chi connectivity index (χ4v) is 4.45. The number of rotatable bonds is 9. The second kappa shape index (κ2) is 9.23. The Morgan fingerprint density at radius 3 is 2.65 bits per heavy atom. The molecule has 1 unspecified atom stereocenters. The van der Waals surface area contributed by atoms with E-state index >= 15 is 0 Å².